The van der Waals surface area contributed by atoms with Crippen LogP contribution in [0.4, 0.5) is 13.2 Å². The zero-order valence-electron chi connectivity index (χ0n) is 15.1. The van der Waals surface area contributed by atoms with Gasteiger partial charge >= 0.3 is 18.3 Å². The second-order valence-corrected chi connectivity index (χ2v) is 5.84. The van der Waals surface area contributed by atoms with E-state index in [4.69, 9.17) is 9.47 Å². The molecule has 0 saturated carbocycles. The van der Waals surface area contributed by atoms with Crippen LogP contribution in [0.2, 0.25) is 0 Å². The van der Waals surface area contributed by atoms with Crippen LogP contribution >= 0.6 is 0 Å². The number of hydrogen-bond acceptors (Lipinski definition) is 5. The van der Waals surface area contributed by atoms with Gasteiger partial charge in [-0.1, -0.05) is 18.2 Å². The summed E-state index contributed by atoms with van der Waals surface area (Å²) in [6, 6.07) is 18.1. The van der Waals surface area contributed by atoms with Crippen LogP contribution < -0.4 is 9.47 Å². The highest BCUT2D eigenvalue weighted by Gasteiger charge is 2.34. The number of hydrogen-bond donors (Lipinski definition) is 1. The van der Waals surface area contributed by atoms with Gasteiger partial charge in [-0.05, 0) is 54.6 Å². The second kappa shape index (κ2) is 8.56. The monoisotopic (exact) mass is 418 g/mol. The summed E-state index contributed by atoms with van der Waals surface area (Å²) in [5, 5.41) is 9.32. The maximum Gasteiger partial charge on any atom is 0.575 e. The molecule has 1 N–H and O–H groups in total. The van der Waals surface area contributed by atoms with Crippen molar-refractivity contribution in [2.45, 2.75) is 6.36 Å². The van der Waals surface area contributed by atoms with E-state index in [0.29, 0.717) is 11.5 Å². The number of rotatable bonds is 6. The van der Waals surface area contributed by atoms with Crippen LogP contribution in [0.3, 0.4) is 0 Å². The van der Waals surface area contributed by atoms with E-state index in [1.165, 1.54) is 12.1 Å². The van der Waals surface area contributed by atoms with E-state index in [0.717, 1.165) is 18.2 Å². The molecule has 3 rings (SSSR count). The summed E-state index contributed by atoms with van der Waals surface area (Å²) in [6.07, 6.45) is -5.18. The molecule has 0 unspecified atom stereocenters. The third-order valence-electron chi connectivity index (χ3n) is 3.68. The summed E-state index contributed by atoms with van der Waals surface area (Å²) >= 11 is 0. The largest absolute Gasteiger partial charge is 0.575 e. The topological polar surface area (TPSA) is 82.1 Å². The normalized spacial score (nSPS) is 10.9. The number of carboxylic acid groups (broad SMARTS) is 1. The van der Waals surface area contributed by atoms with Gasteiger partial charge in [-0.15, -0.1) is 13.2 Å². The van der Waals surface area contributed by atoms with E-state index in [2.05, 4.69) is 4.74 Å². The second-order valence-electron chi connectivity index (χ2n) is 5.84. The van der Waals surface area contributed by atoms with Crippen molar-refractivity contribution in [3.63, 3.8) is 0 Å². The number of aromatic carboxylic acids is 1. The van der Waals surface area contributed by atoms with Crippen LogP contribution in [0.15, 0.2) is 72.8 Å². The summed E-state index contributed by atoms with van der Waals surface area (Å²) in [4.78, 5) is 23.0. The van der Waals surface area contributed by atoms with Crippen LogP contribution in [-0.2, 0) is 4.74 Å². The Kier molecular flexibility index (Phi) is 5.91. The van der Waals surface area contributed by atoms with E-state index < -0.39 is 29.4 Å². The molecule has 30 heavy (non-hydrogen) atoms. The van der Waals surface area contributed by atoms with Gasteiger partial charge in [0.15, 0.2) is 0 Å². The lowest BCUT2D eigenvalue weighted by Gasteiger charge is -2.12. The van der Waals surface area contributed by atoms with Crippen LogP contribution in [0.25, 0.3) is 0 Å². The molecule has 0 fully saturated rings. The molecule has 3 aromatic carbocycles. The fraction of sp³-hybridized carbons (Fsp3) is 0.0476. The molecule has 154 valence electrons. The number of alkyl halides is 3. The van der Waals surface area contributed by atoms with Crippen molar-refractivity contribution in [3.05, 3.63) is 83.9 Å². The van der Waals surface area contributed by atoms with E-state index in [-0.39, 0.29) is 11.5 Å². The van der Waals surface area contributed by atoms with Crippen molar-refractivity contribution in [1.82, 2.24) is 0 Å². The number of ether oxygens (including phenoxy) is 3. The number of halogens is 3. The maximum absolute atomic E-state index is 12.2. The molecule has 0 spiro atoms. The maximum atomic E-state index is 12.2. The molecule has 0 atom stereocenters. The minimum Gasteiger partial charge on any atom is -0.478 e. The molecule has 0 radical (unpaired) electrons. The van der Waals surface area contributed by atoms with Gasteiger partial charge in [-0.3, -0.25) is 0 Å². The van der Waals surface area contributed by atoms with Gasteiger partial charge in [-0.2, -0.15) is 0 Å². The zero-order chi connectivity index (χ0) is 21.7. The Morgan fingerprint density at radius 2 is 1.33 bits per heavy atom. The summed E-state index contributed by atoms with van der Waals surface area (Å²) in [7, 11) is 0. The smallest absolute Gasteiger partial charge is 0.478 e. The molecule has 0 aliphatic rings. The highest BCUT2D eigenvalue weighted by atomic mass is 19.4. The van der Waals surface area contributed by atoms with Crippen molar-refractivity contribution >= 4 is 11.9 Å². The Hall–Kier alpha value is -4.01. The molecule has 9 heteroatoms. The van der Waals surface area contributed by atoms with Gasteiger partial charge in [0.1, 0.15) is 28.6 Å². The quantitative estimate of drug-likeness (QED) is 0.521. The molecular formula is C21H13F3O6. The molecule has 0 bridgehead atoms. The van der Waals surface area contributed by atoms with Gasteiger partial charge in [0.25, 0.3) is 0 Å². The molecule has 0 aliphatic carbocycles. The van der Waals surface area contributed by atoms with Crippen LogP contribution in [0.1, 0.15) is 20.7 Å². The molecule has 3 aromatic rings. The Labute approximate surface area is 168 Å². The van der Waals surface area contributed by atoms with Gasteiger partial charge in [0.05, 0.1) is 5.56 Å². The van der Waals surface area contributed by atoms with Crippen LogP contribution in [-0.4, -0.2) is 23.4 Å². The summed E-state index contributed by atoms with van der Waals surface area (Å²) in [5.74, 6) is -1.99. The predicted octanol–water partition coefficient (Wildman–Crippen LogP) is 5.65. The van der Waals surface area contributed by atoms with E-state index >= 15 is 0 Å². The average Bonchev–Trinajstić information content (AvgIpc) is 2.69. The molecule has 0 heterocycles. The van der Waals surface area contributed by atoms with Crippen LogP contribution in [0.5, 0.6) is 23.0 Å². The fourth-order valence-electron chi connectivity index (χ4n) is 2.40. The van der Waals surface area contributed by atoms with Crippen molar-refractivity contribution < 1.29 is 42.1 Å². The lowest BCUT2D eigenvalue weighted by atomic mass is 10.1. The van der Waals surface area contributed by atoms with Gasteiger partial charge in [0.2, 0.25) is 0 Å². The molecule has 0 aliphatic heterocycles. The predicted molar refractivity (Wildman–Crippen MR) is 97.9 cm³/mol. The first kappa shape index (κ1) is 20.7. The number of benzene rings is 3. The third kappa shape index (κ3) is 5.51. The Bertz CT molecular complexity index is 1050. The van der Waals surface area contributed by atoms with Gasteiger partial charge in [-0.25, -0.2) is 9.59 Å². The van der Waals surface area contributed by atoms with Crippen molar-refractivity contribution in [2.24, 2.45) is 0 Å². The zero-order valence-corrected chi connectivity index (χ0v) is 15.1. The molecule has 0 saturated heterocycles. The highest BCUT2D eigenvalue weighted by Crippen LogP contribution is 2.30. The minimum atomic E-state index is -5.18. The lowest BCUT2D eigenvalue weighted by molar-refractivity contribution is -0.291. The first-order valence-corrected chi connectivity index (χ1v) is 8.39. The number of esters is 1. The fourth-order valence-corrected chi connectivity index (χ4v) is 2.40. The van der Waals surface area contributed by atoms with E-state index in [9.17, 15) is 27.9 Å². The first-order chi connectivity index (χ1) is 14.2. The van der Waals surface area contributed by atoms with Gasteiger partial charge in [0, 0.05) is 0 Å². The molecule has 6 nitrogen and oxygen atoms in total. The first-order valence-electron chi connectivity index (χ1n) is 8.39. The third-order valence-corrected chi connectivity index (χ3v) is 3.68. The standard InChI is InChI=1S/C21H13F3O6/c22-21(23,24)30-20(27)13-6-11-18(17(12-13)19(25)26)29-16-9-7-15(8-10-16)28-14-4-2-1-3-5-14/h1-12H,(H,25,26). The SMILES string of the molecule is O=C(OC(F)(F)F)c1ccc(Oc2ccc(Oc3ccccc3)cc2)c(C(=O)O)c1. The number of carbonyl (C=O) groups excluding carboxylic acids is 1. The number of carbonyl (C=O) groups is 2. The van der Waals surface area contributed by atoms with Crippen molar-refractivity contribution in [2.75, 3.05) is 0 Å². The summed E-state index contributed by atoms with van der Waals surface area (Å²) in [6.45, 7) is 0. The number of carboxylic acids is 1. The molecule has 0 amide bonds. The van der Waals surface area contributed by atoms with Crippen LogP contribution in [0, 0.1) is 0 Å². The Balaban J connectivity index is 1.77. The number of para-hydroxylation sites is 1. The van der Waals surface area contributed by atoms with E-state index in [1.807, 2.05) is 18.2 Å². The molecular weight excluding hydrogens is 405 g/mol. The molecule has 0 aromatic heterocycles. The summed E-state index contributed by atoms with van der Waals surface area (Å²) in [5.41, 5.74) is -1.08. The minimum absolute atomic E-state index is 0.164. The van der Waals surface area contributed by atoms with Crippen molar-refractivity contribution in [3.8, 4) is 23.0 Å². The average molecular weight is 418 g/mol. The van der Waals surface area contributed by atoms with Crippen molar-refractivity contribution in [1.29, 1.82) is 0 Å². The Morgan fingerprint density at radius 1 is 0.767 bits per heavy atom. The van der Waals surface area contributed by atoms with Gasteiger partial charge < -0.3 is 19.3 Å². The lowest BCUT2D eigenvalue weighted by Crippen LogP contribution is -2.19. The Morgan fingerprint density at radius 3 is 1.90 bits per heavy atom. The summed E-state index contributed by atoms with van der Waals surface area (Å²) < 4.78 is 51.0. The highest BCUT2D eigenvalue weighted by molar-refractivity contribution is 5.96. The van der Waals surface area contributed by atoms with E-state index in [1.54, 1.807) is 24.3 Å².